The molecule has 0 fully saturated rings. The summed E-state index contributed by atoms with van der Waals surface area (Å²) in [5, 5.41) is 0. The number of hydrogen-bond acceptors (Lipinski definition) is 5. The van der Waals surface area contributed by atoms with Crippen molar-refractivity contribution >= 4 is 39.6 Å². The minimum absolute atomic E-state index is 0.248. The molecule has 0 unspecified atom stereocenters. The van der Waals surface area contributed by atoms with E-state index in [1.54, 1.807) is 12.1 Å². The maximum Gasteiger partial charge on any atom is 0.337 e. The Labute approximate surface area is 118 Å². The van der Waals surface area contributed by atoms with Crippen LogP contribution in [0.25, 0.3) is 0 Å². The molecule has 0 heterocycles. The number of hydrogen-bond donors (Lipinski definition) is 0. The summed E-state index contributed by atoms with van der Waals surface area (Å²) < 4.78 is 10.0. The Morgan fingerprint density at radius 1 is 1.28 bits per heavy atom. The quantitative estimate of drug-likeness (QED) is 0.776. The lowest BCUT2D eigenvalue weighted by Gasteiger charge is -2.06. The Bertz CT molecular complexity index is 448. The molecule has 0 spiro atoms. The first-order valence-electron chi connectivity index (χ1n) is 5.09. The fourth-order valence-corrected chi connectivity index (χ4v) is 2.78. The Kier molecular flexibility index (Phi) is 6.21. The summed E-state index contributed by atoms with van der Waals surface area (Å²) in [6.45, 7) is 0. The number of carbonyl (C=O) groups excluding carboxylic acids is 2. The van der Waals surface area contributed by atoms with Gasteiger partial charge in [-0.25, -0.2) is 4.79 Å². The Hall–Kier alpha value is -1.01. The number of halogens is 1. The van der Waals surface area contributed by atoms with Crippen molar-refractivity contribution < 1.29 is 19.1 Å². The fourth-order valence-electron chi connectivity index (χ4n) is 1.21. The van der Waals surface area contributed by atoms with E-state index in [0.29, 0.717) is 17.1 Å². The van der Waals surface area contributed by atoms with Gasteiger partial charge in [-0.15, -0.1) is 11.8 Å². The van der Waals surface area contributed by atoms with Crippen LogP contribution in [0.5, 0.6) is 0 Å². The molecule has 0 bridgehead atoms. The van der Waals surface area contributed by atoms with Crippen molar-refractivity contribution in [2.75, 3.05) is 20.0 Å². The van der Waals surface area contributed by atoms with E-state index >= 15 is 0 Å². The van der Waals surface area contributed by atoms with Gasteiger partial charge in [0.2, 0.25) is 0 Å². The second kappa shape index (κ2) is 7.43. The average Bonchev–Trinajstić information content (AvgIpc) is 2.39. The standard InChI is InChI=1S/C12H13BrO4S/c1-16-11(14)7-18-6-9-4-3-8(5-10(9)13)12(15)17-2/h3-5H,6-7H2,1-2H3. The van der Waals surface area contributed by atoms with E-state index in [4.69, 9.17) is 0 Å². The highest BCUT2D eigenvalue weighted by Crippen LogP contribution is 2.23. The summed E-state index contributed by atoms with van der Waals surface area (Å²) in [4.78, 5) is 22.3. The van der Waals surface area contributed by atoms with Crippen molar-refractivity contribution in [3.8, 4) is 0 Å². The summed E-state index contributed by atoms with van der Waals surface area (Å²) in [5.41, 5.74) is 1.50. The van der Waals surface area contributed by atoms with Crippen LogP contribution in [0, 0.1) is 0 Å². The van der Waals surface area contributed by atoms with Gasteiger partial charge < -0.3 is 9.47 Å². The van der Waals surface area contributed by atoms with Crippen molar-refractivity contribution in [2.24, 2.45) is 0 Å². The van der Waals surface area contributed by atoms with Crippen LogP contribution in [0.2, 0.25) is 0 Å². The zero-order valence-corrected chi connectivity index (χ0v) is 12.5. The number of ether oxygens (including phenoxy) is 2. The normalized spacial score (nSPS) is 9.94. The molecule has 1 rings (SSSR count). The van der Waals surface area contributed by atoms with Crippen molar-refractivity contribution in [1.82, 2.24) is 0 Å². The van der Waals surface area contributed by atoms with E-state index in [9.17, 15) is 9.59 Å². The molecule has 1 aromatic rings. The van der Waals surface area contributed by atoms with E-state index in [1.807, 2.05) is 6.07 Å². The summed E-state index contributed by atoms with van der Waals surface area (Å²) in [7, 11) is 2.71. The first kappa shape index (κ1) is 15.0. The SMILES string of the molecule is COC(=O)CSCc1ccc(C(=O)OC)cc1Br. The number of thioether (sulfide) groups is 1. The summed E-state index contributed by atoms with van der Waals surface area (Å²) in [5.74, 6) is 0.352. The summed E-state index contributed by atoms with van der Waals surface area (Å²) in [6, 6.07) is 5.24. The van der Waals surface area contributed by atoms with E-state index in [-0.39, 0.29) is 11.9 Å². The van der Waals surface area contributed by atoms with Gasteiger partial charge in [-0.05, 0) is 17.7 Å². The molecule has 0 radical (unpaired) electrons. The van der Waals surface area contributed by atoms with Gasteiger partial charge in [0.15, 0.2) is 0 Å². The monoisotopic (exact) mass is 332 g/mol. The Balaban J connectivity index is 2.63. The van der Waals surface area contributed by atoms with Gasteiger partial charge >= 0.3 is 11.9 Å². The molecule has 1 aromatic carbocycles. The summed E-state index contributed by atoms with van der Waals surface area (Å²) >= 11 is 4.84. The molecular weight excluding hydrogens is 320 g/mol. The lowest BCUT2D eigenvalue weighted by Crippen LogP contribution is -2.04. The maximum atomic E-state index is 11.3. The van der Waals surface area contributed by atoms with Gasteiger partial charge in [0, 0.05) is 10.2 Å². The van der Waals surface area contributed by atoms with Gasteiger partial charge in [0.25, 0.3) is 0 Å². The van der Waals surface area contributed by atoms with Crippen LogP contribution in [0.4, 0.5) is 0 Å². The molecule has 0 N–H and O–H groups in total. The number of carbonyl (C=O) groups is 2. The fraction of sp³-hybridized carbons (Fsp3) is 0.333. The van der Waals surface area contributed by atoms with Gasteiger partial charge in [-0.1, -0.05) is 22.0 Å². The topological polar surface area (TPSA) is 52.6 Å². The number of rotatable bonds is 5. The first-order chi connectivity index (χ1) is 8.58. The molecule has 98 valence electrons. The van der Waals surface area contributed by atoms with Gasteiger partial charge in [0.05, 0.1) is 25.5 Å². The van der Waals surface area contributed by atoms with Gasteiger partial charge in [0.1, 0.15) is 0 Å². The Morgan fingerprint density at radius 3 is 2.56 bits per heavy atom. The molecule has 0 amide bonds. The molecule has 0 aliphatic heterocycles. The Morgan fingerprint density at radius 2 is 2.00 bits per heavy atom. The van der Waals surface area contributed by atoms with Gasteiger partial charge in [-0.3, -0.25) is 4.79 Å². The lowest BCUT2D eigenvalue weighted by atomic mass is 10.1. The van der Waals surface area contributed by atoms with Crippen molar-refractivity contribution in [3.05, 3.63) is 33.8 Å². The zero-order chi connectivity index (χ0) is 13.5. The predicted molar refractivity (Wildman–Crippen MR) is 73.7 cm³/mol. The van der Waals surface area contributed by atoms with Crippen molar-refractivity contribution in [2.45, 2.75) is 5.75 Å². The molecule has 0 aliphatic carbocycles. The highest BCUT2D eigenvalue weighted by molar-refractivity contribution is 9.10. The van der Waals surface area contributed by atoms with Crippen LogP contribution in [0.15, 0.2) is 22.7 Å². The molecule has 0 atom stereocenters. The molecule has 4 nitrogen and oxygen atoms in total. The second-order valence-corrected chi connectivity index (χ2v) is 5.21. The third-order valence-corrected chi connectivity index (χ3v) is 3.87. The lowest BCUT2D eigenvalue weighted by molar-refractivity contribution is -0.137. The van der Waals surface area contributed by atoms with E-state index in [2.05, 4.69) is 25.4 Å². The highest BCUT2D eigenvalue weighted by Gasteiger charge is 2.09. The van der Waals surface area contributed by atoms with Crippen LogP contribution >= 0.6 is 27.7 Å². The van der Waals surface area contributed by atoms with Crippen LogP contribution < -0.4 is 0 Å². The molecule has 0 saturated heterocycles. The molecular formula is C12H13BrO4S. The maximum absolute atomic E-state index is 11.3. The average molecular weight is 333 g/mol. The molecule has 0 aromatic heterocycles. The minimum atomic E-state index is -0.371. The van der Waals surface area contributed by atoms with Gasteiger partial charge in [-0.2, -0.15) is 0 Å². The number of esters is 2. The van der Waals surface area contributed by atoms with Crippen LogP contribution in [0.3, 0.4) is 0 Å². The smallest absolute Gasteiger partial charge is 0.337 e. The molecule has 0 saturated carbocycles. The zero-order valence-electron chi connectivity index (χ0n) is 10.1. The molecule has 0 aliphatic rings. The van der Waals surface area contributed by atoms with Crippen LogP contribution in [-0.2, 0) is 20.0 Å². The third kappa shape index (κ3) is 4.34. The molecule has 18 heavy (non-hydrogen) atoms. The van der Waals surface area contributed by atoms with Crippen LogP contribution in [0.1, 0.15) is 15.9 Å². The van der Waals surface area contributed by atoms with E-state index < -0.39 is 0 Å². The minimum Gasteiger partial charge on any atom is -0.468 e. The number of methoxy groups -OCH3 is 2. The third-order valence-electron chi connectivity index (χ3n) is 2.18. The largest absolute Gasteiger partial charge is 0.468 e. The summed E-state index contributed by atoms with van der Waals surface area (Å²) in [6.07, 6.45) is 0. The highest BCUT2D eigenvalue weighted by atomic mass is 79.9. The number of benzene rings is 1. The second-order valence-electron chi connectivity index (χ2n) is 3.37. The van der Waals surface area contributed by atoms with Crippen LogP contribution in [-0.4, -0.2) is 31.9 Å². The van der Waals surface area contributed by atoms with E-state index in [1.165, 1.54) is 26.0 Å². The first-order valence-corrected chi connectivity index (χ1v) is 7.04. The van der Waals surface area contributed by atoms with E-state index in [0.717, 1.165) is 10.0 Å². The predicted octanol–water partition coefficient (Wildman–Crippen LogP) is 2.64. The van der Waals surface area contributed by atoms with Crippen molar-refractivity contribution in [1.29, 1.82) is 0 Å². The molecule has 6 heteroatoms. The van der Waals surface area contributed by atoms with Crippen molar-refractivity contribution in [3.63, 3.8) is 0 Å².